The predicted octanol–water partition coefficient (Wildman–Crippen LogP) is 1.47. The fourth-order valence-electron chi connectivity index (χ4n) is 1.53. The van der Waals surface area contributed by atoms with Crippen LogP contribution in [-0.4, -0.2) is 27.8 Å². The van der Waals surface area contributed by atoms with Gasteiger partial charge in [-0.25, -0.2) is 4.79 Å². The van der Waals surface area contributed by atoms with Crippen molar-refractivity contribution in [1.82, 2.24) is 15.5 Å². The standard InChI is InChI=1S/C11H13N3O3S/c1-7-13-9(14-17-7)2-4-12-6-8-3-5-18-10(8)11(15)16/h3,5,12H,2,4,6H2,1H3,(H,15,16). The molecule has 96 valence electrons. The molecule has 0 spiro atoms. The molecule has 0 aliphatic heterocycles. The van der Waals surface area contributed by atoms with E-state index in [1.807, 2.05) is 6.07 Å². The van der Waals surface area contributed by atoms with E-state index in [-0.39, 0.29) is 0 Å². The first-order valence-electron chi connectivity index (χ1n) is 5.46. The number of aromatic carboxylic acids is 1. The highest BCUT2D eigenvalue weighted by molar-refractivity contribution is 7.12. The molecule has 0 saturated carbocycles. The smallest absolute Gasteiger partial charge is 0.346 e. The van der Waals surface area contributed by atoms with Gasteiger partial charge in [-0.3, -0.25) is 0 Å². The SMILES string of the molecule is Cc1nc(CCNCc2ccsc2C(=O)O)no1. The number of aryl methyl sites for hydroxylation is 1. The number of thiophene rings is 1. The second-order valence-electron chi connectivity index (χ2n) is 3.74. The number of carbonyl (C=O) groups is 1. The van der Waals surface area contributed by atoms with Crippen LogP contribution in [0.2, 0.25) is 0 Å². The quantitative estimate of drug-likeness (QED) is 0.770. The molecule has 2 aromatic heterocycles. The number of hydrogen-bond donors (Lipinski definition) is 2. The molecule has 0 aromatic carbocycles. The monoisotopic (exact) mass is 267 g/mol. The van der Waals surface area contributed by atoms with Gasteiger partial charge in [-0.1, -0.05) is 5.16 Å². The van der Waals surface area contributed by atoms with Crippen LogP contribution in [0.15, 0.2) is 16.0 Å². The van der Waals surface area contributed by atoms with Crippen LogP contribution in [0.25, 0.3) is 0 Å². The van der Waals surface area contributed by atoms with Crippen LogP contribution >= 0.6 is 11.3 Å². The van der Waals surface area contributed by atoms with Gasteiger partial charge in [0.05, 0.1) is 0 Å². The lowest BCUT2D eigenvalue weighted by Gasteiger charge is -2.02. The summed E-state index contributed by atoms with van der Waals surface area (Å²) in [6, 6.07) is 1.82. The second kappa shape index (κ2) is 5.74. The Balaban J connectivity index is 1.78. The maximum atomic E-state index is 10.9. The first kappa shape index (κ1) is 12.7. The molecule has 0 unspecified atom stereocenters. The van der Waals surface area contributed by atoms with Gasteiger partial charge in [-0.15, -0.1) is 11.3 Å². The Morgan fingerprint density at radius 1 is 1.61 bits per heavy atom. The van der Waals surface area contributed by atoms with E-state index in [4.69, 9.17) is 9.63 Å². The van der Waals surface area contributed by atoms with Crippen LogP contribution in [0.3, 0.4) is 0 Å². The average molecular weight is 267 g/mol. The number of rotatable bonds is 6. The van der Waals surface area contributed by atoms with Crippen molar-refractivity contribution in [2.75, 3.05) is 6.54 Å². The maximum absolute atomic E-state index is 10.9. The van der Waals surface area contributed by atoms with Gasteiger partial charge < -0.3 is 14.9 Å². The normalized spacial score (nSPS) is 10.7. The van der Waals surface area contributed by atoms with Crippen LogP contribution in [0.1, 0.15) is 27.0 Å². The molecule has 0 aliphatic rings. The minimum absolute atomic E-state index is 0.387. The molecule has 0 saturated heterocycles. The number of aromatic nitrogens is 2. The van der Waals surface area contributed by atoms with Gasteiger partial charge in [0, 0.05) is 26.4 Å². The number of nitrogens with zero attached hydrogens (tertiary/aromatic N) is 2. The topological polar surface area (TPSA) is 88.2 Å². The third kappa shape index (κ3) is 3.14. The van der Waals surface area contributed by atoms with Gasteiger partial charge in [-0.2, -0.15) is 4.98 Å². The molecule has 0 bridgehead atoms. The Morgan fingerprint density at radius 2 is 2.44 bits per heavy atom. The van der Waals surface area contributed by atoms with E-state index in [1.54, 1.807) is 12.3 Å². The van der Waals surface area contributed by atoms with Crippen LogP contribution in [0.5, 0.6) is 0 Å². The second-order valence-corrected chi connectivity index (χ2v) is 4.65. The molecule has 0 radical (unpaired) electrons. The average Bonchev–Trinajstić information content (AvgIpc) is 2.93. The van der Waals surface area contributed by atoms with E-state index in [0.717, 1.165) is 5.56 Å². The Kier molecular flexibility index (Phi) is 4.06. The van der Waals surface area contributed by atoms with Crippen LogP contribution < -0.4 is 5.32 Å². The Morgan fingerprint density at radius 3 is 3.11 bits per heavy atom. The van der Waals surface area contributed by atoms with E-state index >= 15 is 0 Å². The zero-order valence-electron chi connectivity index (χ0n) is 9.84. The molecule has 0 amide bonds. The Labute approximate surface area is 108 Å². The zero-order chi connectivity index (χ0) is 13.0. The zero-order valence-corrected chi connectivity index (χ0v) is 10.7. The van der Waals surface area contributed by atoms with Gasteiger partial charge in [0.2, 0.25) is 5.89 Å². The van der Waals surface area contributed by atoms with E-state index < -0.39 is 5.97 Å². The molecule has 7 heteroatoms. The summed E-state index contributed by atoms with van der Waals surface area (Å²) in [6.07, 6.45) is 0.657. The van der Waals surface area contributed by atoms with Crippen molar-refractivity contribution < 1.29 is 14.4 Å². The van der Waals surface area contributed by atoms with Crippen LogP contribution in [0, 0.1) is 6.92 Å². The Hall–Kier alpha value is -1.73. The van der Waals surface area contributed by atoms with Crippen LogP contribution in [-0.2, 0) is 13.0 Å². The fraction of sp³-hybridized carbons (Fsp3) is 0.364. The van der Waals surface area contributed by atoms with E-state index in [9.17, 15) is 4.79 Å². The third-order valence-corrected chi connectivity index (χ3v) is 3.30. The summed E-state index contributed by atoms with van der Waals surface area (Å²) >= 11 is 1.24. The maximum Gasteiger partial charge on any atom is 0.346 e. The van der Waals surface area contributed by atoms with Crippen molar-refractivity contribution in [2.45, 2.75) is 19.9 Å². The molecular formula is C11H13N3O3S. The summed E-state index contributed by atoms with van der Waals surface area (Å²) in [7, 11) is 0. The van der Waals surface area contributed by atoms with Crippen LogP contribution in [0.4, 0.5) is 0 Å². The van der Waals surface area contributed by atoms with Gasteiger partial charge in [-0.05, 0) is 17.0 Å². The first-order chi connectivity index (χ1) is 8.66. The largest absolute Gasteiger partial charge is 0.477 e. The number of carboxylic acid groups (broad SMARTS) is 1. The highest BCUT2D eigenvalue weighted by Gasteiger charge is 2.10. The number of carboxylic acids is 1. The molecule has 0 atom stereocenters. The van der Waals surface area contributed by atoms with Gasteiger partial charge in [0.15, 0.2) is 5.82 Å². The Bertz CT molecular complexity index is 535. The summed E-state index contributed by atoms with van der Waals surface area (Å²) in [5.41, 5.74) is 0.803. The molecular weight excluding hydrogens is 254 g/mol. The van der Waals surface area contributed by atoms with Gasteiger partial charge in [0.1, 0.15) is 4.88 Å². The minimum atomic E-state index is -0.879. The summed E-state index contributed by atoms with van der Waals surface area (Å²) in [6.45, 7) is 2.95. The van der Waals surface area contributed by atoms with Crippen molar-refractivity contribution >= 4 is 17.3 Å². The van der Waals surface area contributed by atoms with Crippen molar-refractivity contribution in [3.8, 4) is 0 Å². The fourth-order valence-corrected chi connectivity index (χ4v) is 2.29. The summed E-state index contributed by atoms with van der Waals surface area (Å²) < 4.78 is 4.85. The highest BCUT2D eigenvalue weighted by atomic mass is 32.1. The summed E-state index contributed by atoms with van der Waals surface area (Å²) in [5.74, 6) is 0.329. The molecule has 2 aromatic rings. The van der Waals surface area contributed by atoms with Crippen molar-refractivity contribution in [3.63, 3.8) is 0 Å². The lowest BCUT2D eigenvalue weighted by atomic mass is 10.2. The van der Waals surface area contributed by atoms with E-state index in [1.165, 1.54) is 11.3 Å². The lowest BCUT2D eigenvalue weighted by molar-refractivity contribution is 0.0701. The van der Waals surface area contributed by atoms with Gasteiger partial charge in [0.25, 0.3) is 0 Å². The summed E-state index contributed by atoms with van der Waals surface area (Å²) in [5, 5.41) is 17.7. The van der Waals surface area contributed by atoms with Gasteiger partial charge >= 0.3 is 5.97 Å². The predicted molar refractivity (Wildman–Crippen MR) is 65.7 cm³/mol. The van der Waals surface area contributed by atoms with Crippen molar-refractivity contribution in [2.24, 2.45) is 0 Å². The number of hydrogen-bond acceptors (Lipinski definition) is 6. The summed E-state index contributed by atoms with van der Waals surface area (Å²) in [4.78, 5) is 15.4. The molecule has 6 nitrogen and oxygen atoms in total. The minimum Gasteiger partial charge on any atom is -0.477 e. The third-order valence-electron chi connectivity index (χ3n) is 2.35. The van der Waals surface area contributed by atoms with E-state index in [0.29, 0.717) is 36.1 Å². The van der Waals surface area contributed by atoms with Crippen molar-refractivity contribution in [1.29, 1.82) is 0 Å². The molecule has 2 N–H and O–H groups in total. The first-order valence-corrected chi connectivity index (χ1v) is 6.34. The molecule has 0 aliphatic carbocycles. The van der Waals surface area contributed by atoms with E-state index in [2.05, 4.69) is 15.5 Å². The molecule has 2 rings (SSSR count). The van der Waals surface area contributed by atoms with Crippen molar-refractivity contribution in [3.05, 3.63) is 33.6 Å². The number of nitrogens with one attached hydrogen (secondary N) is 1. The molecule has 2 heterocycles. The molecule has 18 heavy (non-hydrogen) atoms. The molecule has 0 fully saturated rings. The lowest BCUT2D eigenvalue weighted by Crippen LogP contribution is -2.18. The highest BCUT2D eigenvalue weighted by Crippen LogP contribution is 2.16.